The minimum Gasteiger partial charge on any atom is -0.459 e. The van der Waals surface area contributed by atoms with Crippen molar-refractivity contribution in [2.45, 2.75) is 179 Å². The molecular formula is C40H74N2O15. The van der Waals surface area contributed by atoms with Crippen molar-refractivity contribution in [3.8, 4) is 0 Å². The van der Waals surface area contributed by atoms with Crippen LogP contribution < -0.4 is 0 Å². The van der Waals surface area contributed by atoms with E-state index in [1.54, 1.807) is 48.5 Å². The van der Waals surface area contributed by atoms with Crippen molar-refractivity contribution in [3.05, 3.63) is 0 Å². The summed E-state index contributed by atoms with van der Waals surface area (Å²) in [7, 11) is 5.24. The van der Waals surface area contributed by atoms with Crippen LogP contribution in [0.2, 0.25) is 0 Å². The number of methoxy groups -OCH3 is 1. The molecule has 0 amide bonds. The molecule has 18 atom stereocenters. The Balaban J connectivity index is 2.21. The zero-order valence-electron chi connectivity index (χ0n) is 36.4. The second-order valence-electron chi connectivity index (χ2n) is 17.6. The monoisotopic (exact) mass is 823 g/mol. The summed E-state index contributed by atoms with van der Waals surface area (Å²) in [4.78, 5) is 21.7. The van der Waals surface area contributed by atoms with Crippen molar-refractivity contribution in [1.29, 1.82) is 0 Å². The Morgan fingerprint density at radius 2 is 1.53 bits per heavy atom. The zero-order valence-corrected chi connectivity index (χ0v) is 36.4. The van der Waals surface area contributed by atoms with Crippen LogP contribution in [-0.4, -0.2) is 173 Å². The van der Waals surface area contributed by atoms with Crippen LogP contribution in [0.1, 0.15) is 94.9 Å². The maximum atomic E-state index is 14.2. The molecule has 0 aromatic rings. The Morgan fingerprint density at radius 1 is 0.877 bits per heavy atom. The molecule has 0 aromatic carbocycles. The highest BCUT2D eigenvalue weighted by Gasteiger charge is 2.53. The van der Waals surface area contributed by atoms with Gasteiger partial charge in [0.25, 0.3) is 0 Å². The van der Waals surface area contributed by atoms with Crippen molar-refractivity contribution in [1.82, 2.24) is 4.90 Å². The van der Waals surface area contributed by atoms with E-state index < -0.39 is 102 Å². The summed E-state index contributed by atoms with van der Waals surface area (Å²) >= 11 is 0. The summed E-state index contributed by atoms with van der Waals surface area (Å²) in [5.41, 5.74) is -5.09. The van der Waals surface area contributed by atoms with Crippen LogP contribution in [0.3, 0.4) is 0 Å². The Labute approximate surface area is 338 Å². The number of oxime groups is 1. The van der Waals surface area contributed by atoms with E-state index >= 15 is 0 Å². The van der Waals surface area contributed by atoms with Crippen LogP contribution in [0.4, 0.5) is 0 Å². The third-order valence-corrected chi connectivity index (χ3v) is 12.1. The lowest BCUT2D eigenvalue weighted by atomic mass is 9.73. The van der Waals surface area contributed by atoms with E-state index in [0.29, 0.717) is 13.0 Å². The van der Waals surface area contributed by atoms with Gasteiger partial charge in [-0.15, -0.1) is 0 Å². The van der Waals surface area contributed by atoms with Gasteiger partial charge in [0, 0.05) is 37.3 Å². The molecule has 17 nitrogen and oxygen atoms in total. The Hall–Kier alpha value is -1.58. The summed E-state index contributed by atoms with van der Waals surface area (Å²) < 4.78 is 42.0. The number of nitrogens with zero attached hydrogens (tertiary/aromatic N) is 2. The summed E-state index contributed by atoms with van der Waals surface area (Å²) in [6.07, 6.45) is -10.5. The number of ether oxygens (including phenoxy) is 7. The second-order valence-corrected chi connectivity index (χ2v) is 17.6. The normalized spacial score (nSPS) is 46.4. The maximum absolute atomic E-state index is 14.2. The fourth-order valence-electron chi connectivity index (χ4n) is 8.74. The van der Waals surface area contributed by atoms with Gasteiger partial charge in [0.15, 0.2) is 12.6 Å². The third kappa shape index (κ3) is 12.3. The average Bonchev–Trinajstić information content (AvgIpc) is 3.12. The highest BCUT2D eigenvalue weighted by Crippen LogP contribution is 2.40. The molecule has 57 heavy (non-hydrogen) atoms. The molecule has 0 aliphatic carbocycles. The lowest BCUT2D eigenvalue weighted by molar-refractivity contribution is -0.316. The SMILES string of the molecule is CC[C@H]1OC(=O)[C@H](C)[C@@H](O[C@H]2C[C@@](C)(O)[C@@H](O)[C@H](C)O2)[C@H](C)[C@@H](O[C@@H]2O[C@H](C)C[C@H](N(C)C)[C@H]2O)[C@](C)(O)C[C@@H](C)/C(=N\OCOCCOC)[C@H](C)[C@@H](O)[C@]1(C)O. The van der Waals surface area contributed by atoms with Gasteiger partial charge in [-0.3, -0.25) is 4.79 Å². The first-order valence-electron chi connectivity index (χ1n) is 20.4. The van der Waals surface area contributed by atoms with E-state index in [0.717, 1.165) is 0 Å². The van der Waals surface area contributed by atoms with Crippen molar-refractivity contribution in [2.75, 3.05) is 41.2 Å². The topological polar surface area (TPSA) is 228 Å². The summed E-state index contributed by atoms with van der Waals surface area (Å²) in [5.74, 6) is -4.28. The predicted molar refractivity (Wildman–Crippen MR) is 208 cm³/mol. The van der Waals surface area contributed by atoms with Gasteiger partial charge in [-0.2, -0.15) is 0 Å². The molecule has 0 bridgehead atoms. The van der Waals surface area contributed by atoms with Gasteiger partial charge in [-0.05, 0) is 74.9 Å². The molecule has 3 saturated heterocycles. The molecule has 3 heterocycles. The smallest absolute Gasteiger partial charge is 0.311 e. The van der Waals surface area contributed by atoms with Gasteiger partial charge < -0.3 is 73.5 Å². The Bertz CT molecular complexity index is 1280. The molecule has 17 heteroatoms. The highest BCUT2D eigenvalue weighted by molar-refractivity contribution is 5.88. The van der Waals surface area contributed by atoms with E-state index in [-0.39, 0.29) is 50.5 Å². The lowest BCUT2D eigenvalue weighted by Crippen LogP contribution is -2.61. The number of esters is 1. The molecule has 334 valence electrons. The first-order valence-corrected chi connectivity index (χ1v) is 20.4. The summed E-state index contributed by atoms with van der Waals surface area (Å²) in [5, 5.41) is 74.2. The largest absolute Gasteiger partial charge is 0.459 e. The molecule has 6 N–H and O–H groups in total. The Morgan fingerprint density at radius 3 is 2.11 bits per heavy atom. The van der Waals surface area contributed by atoms with Gasteiger partial charge in [-0.1, -0.05) is 32.9 Å². The predicted octanol–water partition coefficient (Wildman–Crippen LogP) is 1.56. The molecule has 3 fully saturated rings. The molecule has 3 rings (SSSR count). The third-order valence-electron chi connectivity index (χ3n) is 12.1. The van der Waals surface area contributed by atoms with Crippen LogP contribution in [0, 0.1) is 23.7 Å². The maximum Gasteiger partial charge on any atom is 0.311 e. The van der Waals surface area contributed by atoms with Crippen molar-refractivity contribution in [3.63, 3.8) is 0 Å². The number of hydrogen-bond donors (Lipinski definition) is 6. The van der Waals surface area contributed by atoms with Gasteiger partial charge in [0.05, 0.1) is 66.6 Å². The first-order chi connectivity index (χ1) is 26.4. The molecule has 0 unspecified atom stereocenters. The molecular weight excluding hydrogens is 748 g/mol. The highest BCUT2D eigenvalue weighted by atomic mass is 16.7. The molecule has 3 aliphatic rings. The van der Waals surface area contributed by atoms with E-state index in [4.69, 9.17) is 38.0 Å². The van der Waals surface area contributed by atoms with Crippen molar-refractivity contribution >= 4 is 11.7 Å². The summed E-state index contributed by atoms with van der Waals surface area (Å²) in [6, 6.07) is -0.341. The number of carbonyl (C=O) groups excluding carboxylic acids is 1. The number of rotatable bonds is 12. The molecule has 0 aromatic heterocycles. The number of hydrogen-bond acceptors (Lipinski definition) is 17. The number of aliphatic hydroxyl groups is 6. The van der Waals surface area contributed by atoms with Crippen LogP contribution in [0.25, 0.3) is 0 Å². The van der Waals surface area contributed by atoms with E-state index in [1.165, 1.54) is 21.0 Å². The molecule has 3 aliphatic heterocycles. The zero-order chi connectivity index (χ0) is 43.2. The lowest BCUT2D eigenvalue weighted by Gasteiger charge is -2.48. The van der Waals surface area contributed by atoms with Gasteiger partial charge >= 0.3 is 5.97 Å². The Kier molecular flexibility index (Phi) is 18.2. The quantitative estimate of drug-likeness (QED) is 0.0711. The van der Waals surface area contributed by atoms with Crippen molar-refractivity contribution < 1.29 is 73.4 Å². The van der Waals surface area contributed by atoms with Crippen molar-refractivity contribution in [2.24, 2.45) is 28.8 Å². The number of likely N-dealkylation sites (N-methyl/N-ethyl adjacent to an activating group) is 1. The van der Waals surface area contributed by atoms with Gasteiger partial charge in [-0.25, -0.2) is 0 Å². The van der Waals surface area contributed by atoms with E-state index in [1.807, 2.05) is 25.9 Å². The first kappa shape index (κ1) is 49.8. The fraction of sp³-hybridized carbons (Fsp3) is 0.950. The van der Waals surface area contributed by atoms with Crippen LogP contribution in [0.5, 0.6) is 0 Å². The molecule has 0 saturated carbocycles. The van der Waals surface area contributed by atoms with Gasteiger partial charge in [0.1, 0.15) is 23.9 Å². The minimum absolute atomic E-state index is 0.0516. The van der Waals surface area contributed by atoms with Crippen LogP contribution >= 0.6 is 0 Å². The average molecular weight is 823 g/mol. The van der Waals surface area contributed by atoms with Crippen LogP contribution in [-0.2, 0) is 42.8 Å². The molecule has 0 spiro atoms. The second kappa shape index (κ2) is 20.8. The molecule has 0 radical (unpaired) electrons. The number of aliphatic hydroxyl groups excluding tert-OH is 3. The number of cyclic esters (lactones) is 1. The van der Waals surface area contributed by atoms with E-state index in [9.17, 15) is 35.4 Å². The summed E-state index contributed by atoms with van der Waals surface area (Å²) in [6.45, 7) is 16.7. The standard InChI is InChI=1S/C40H74N2O15/c1-14-28-40(10,49)33(44)23(4)30(41-52-20-51-16-15-50-13)21(2)18-39(9,48)35(57-37-31(43)27(42(11)12)17-22(3)53-37)24(5)32(25(6)36(46)55-28)56-29-19-38(8,47)34(45)26(7)54-29/h21-29,31-35,37,43-45,47-49H,14-20H2,1-13H3/b41-30+/t21-,22-,23+,24+,25-,26+,27+,28-,29+,31-,32+,33-,34+,35-,37+,38-,39-,40-/m1/s1. The minimum atomic E-state index is -1.98. The van der Waals surface area contributed by atoms with Crippen LogP contribution in [0.15, 0.2) is 5.16 Å². The number of carbonyl (C=O) groups is 1. The fourth-order valence-corrected chi connectivity index (χ4v) is 8.74. The van der Waals surface area contributed by atoms with E-state index in [2.05, 4.69) is 5.16 Å². The van der Waals surface area contributed by atoms with Gasteiger partial charge in [0.2, 0.25) is 6.79 Å².